The highest BCUT2D eigenvalue weighted by Gasteiger charge is 2.45. The average Bonchev–Trinajstić information content (AvgIpc) is 3.54. The first-order valence-corrected chi connectivity index (χ1v) is 13.9. The highest BCUT2D eigenvalue weighted by atomic mass is 16.5. The third-order valence-electron chi connectivity index (χ3n) is 7.57. The summed E-state index contributed by atoms with van der Waals surface area (Å²) in [5, 5.41) is 13.6. The molecule has 0 radical (unpaired) electrons. The molecule has 1 heterocycles. The average molecular weight is 493 g/mol. The fourth-order valence-electron chi connectivity index (χ4n) is 5.52. The summed E-state index contributed by atoms with van der Waals surface area (Å²) in [5.74, 6) is 0.896. The molecule has 2 aromatic carbocycles. The maximum atomic E-state index is 9.82. The number of nitrogens with one attached hydrogen (secondary N) is 1. The second kappa shape index (κ2) is 12.9. The Kier molecular flexibility index (Phi) is 9.60. The fraction of sp³-hybridized carbons (Fsp3) is 0.548. The van der Waals surface area contributed by atoms with Crippen LogP contribution in [0.4, 0.5) is 0 Å². The SMILES string of the molecule is CCCCC1=C(C2(c3ccc(OCCN(CC)CCCC)cc3)NCCO2)c2cc(CO)ccc2C1. The maximum Gasteiger partial charge on any atom is 0.172 e. The second-order valence-electron chi connectivity index (χ2n) is 10.0. The van der Waals surface area contributed by atoms with Crippen LogP contribution in [-0.2, 0) is 23.5 Å². The molecule has 1 atom stereocenters. The Balaban J connectivity index is 1.58. The topological polar surface area (TPSA) is 54.0 Å². The van der Waals surface area contributed by atoms with Crippen LogP contribution in [0.5, 0.6) is 5.75 Å². The van der Waals surface area contributed by atoms with Gasteiger partial charge in [0.1, 0.15) is 12.4 Å². The summed E-state index contributed by atoms with van der Waals surface area (Å²) in [5.41, 5.74) is 6.63. The van der Waals surface area contributed by atoms with Gasteiger partial charge in [0.05, 0.1) is 13.2 Å². The van der Waals surface area contributed by atoms with E-state index in [1.165, 1.54) is 35.1 Å². The lowest BCUT2D eigenvalue weighted by Crippen LogP contribution is -2.39. The van der Waals surface area contributed by atoms with Gasteiger partial charge in [0.15, 0.2) is 5.72 Å². The predicted molar refractivity (Wildman–Crippen MR) is 147 cm³/mol. The summed E-state index contributed by atoms with van der Waals surface area (Å²) in [6.45, 7) is 12.1. The van der Waals surface area contributed by atoms with Crippen molar-refractivity contribution in [3.05, 3.63) is 70.3 Å². The number of allylic oxidation sites excluding steroid dienone is 1. The maximum absolute atomic E-state index is 9.82. The lowest BCUT2D eigenvalue weighted by Gasteiger charge is -2.33. The normalized spacial score (nSPS) is 19.4. The van der Waals surface area contributed by atoms with Gasteiger partial charge < -0.3 is 19.5 Å². The van der Waals surface area contributed by atoms with Crippen molar-refractivity contribution in [2.75, 3.05) is 39.4 Å². The molecule has 1 saturated heterocycles. The van der Waals surface area contributed by atoms with E-state index in [2.05, 4.69) is 67.4 Å². The van der Waals surface area contributed by atoms with Crippen molar-refractivity contribution in [3.8, 4) is 5.75 Å². The predicted octanol–water partition coefficient (Wildman–Crippen LogP) is 5.65. The van der Waals surface area contributed by atoms with Crippen LogP contribution in [0, 0.1) is 0 Å². The summed E-state index contributed by atoms with van der Waals surface area (Å²) in [7, 11) is 0. The van der Waals surface area contributed by atoms with Crippen molar-refractivity contribution in [1.82, 2.24) is 10.2 Å². The number of rotatable bonds is 14. The van der Waals surface area contributed by atoms with Crippen LogP contribution >= 0.6 is 0 Å². The minimum atomic E-state index is -0.667. The van der Waals surface area contributed by atoms with Crippen LogP contribution in [0.2, 0.25) is 0 Å². The Morgan fingerprint density at radius 2 is 1.83 bits per heavy atom. The first-order valence-electron chi connectivity index (χ1n) is 13.9. The Labute approximate surface area is 217 Å². The van der Waals surface area contributed by atoms with Crippen molar-refractivity contribution in [2.45, 2.75) is 71.6 Å². The fourth-order valence-corrected chi connectivity index (χ4v) is 5.52. The van der Waals surface area contributed by atoms with Gasteiger partial charge in [0.25, 0.3) is 0 Å². The lowest BCUT2D eigenvalue weighted by atomic mass is 9.87. The van der Waals surface area contributed by atoms with Crippen LogP contribution in [-0.4, -0.2) is 49.4 Å². The first-order chi connectivity index (χ1) is 17.6. The van der Waals surface area contributed by atoms with E-state index in [9.17, 15) is 5.11 Å². The Bertz CT molecular complexity index is 1010. The zero-order chi connectivity index (χ0) is 25.4. The molecule has 2 aromatic rings. The van der Waals surface area contributed by atoms with E-state index in [-0.39, 0.29) is 6.61 Å². The quantitative estimate of drug-likeness (QED) is 0.357. The molecule has 0 aromatic heterocycles. The number of fused-ring (bicyclic) bond motifs is 1. The molecular weight excluding hydrogens is 448 g/mol. The zero-order valence-electron chi connectivity index (χ0n) is 22.4. The number of aliphatic hydroxyl groups is 1. The third-order valence-corrected chi connectivity index (χ3v) is 7.57. The van der Waals surface area contributed by atoms with Gasteiger partial charge in [-0.3, -0.25) is 5.32 Å². The second-order valence-corrected chi connectivity index (χ2v) is 10.0. The number of hydrogen-bond acceptors (Lipinski definition) is 5. The summed E-state index contributed by atoms with van der Waals surface area (Å²) in [6, 6.07) is 14.8. The summed E-state index contributed by atoms with van der Waals surface area (Å²) >= 11 is 0. The largest absolute Gasteiger partial charge is 0.492 e. The monoisotopic (exact) mass is 492 g/mol. The van der Waals surface area contributed by atoms with Crippen LogP contribution < -0.4 is 10.1 Å². The van der Waals surface area contributed by atoms with Crippen LogP contribution in [0.15, 0.2) is 48.0 Å². The smallest absolute Gasteiger partial charge is 0.172 e. The lowest BCUT2D eigenvalue weighted by molar-refractivity contribution is 0.0383. The molecule has 5 heteroatoms. The first kappa shape index (κ1) is 26.9. The van der Waals surface area contributed by atoms with Gasteiger partial charge in [-0.1, -0.05) is 63.5 Å². The van der Waals surface area contributed by atoms with Gasteiger partial charge in [-0.2, -0.15) is 0 Å². The number of aliphatic hydroxyl groups excluding tert-OH is 1. The third kappa shape index (κ3) is 5.86. The van der Waals surface area contributed by atoms with Crippen molar-refractivity contribution < 1.29 is 14.6 Å². The number of likely N-dealkylation sites (N-methyl/N-ethyl adjacent to an activating group) is 1. The van der Waals surface area contributed by atoms with Crippen molar-refractivity contribution in [1.29, 1.82) is 0 Å². The molecule has 1 fully saturated rings. The molecule has 0 bridgehead atoms. The Hall–Kier alpha value is -2.18. The standard InChI is InChI=1S/C31H44N2O3/c1-4-7-9-26-22-25-11-10-24(23-34)21-29(25)30(26)31(32-16-19-36-31)27-12-14-28(15-13-27)35-20-18-33(6-3)17-8-5-2/h10-15,21,32,34H,4-9,16-20,22-23H2,1-3H3. The van der Waals surface area contributed by atoms with Gasteiger partial charge in [-0.15, -0.1) is 0 Å². The number of ether oxygens (including phenoxy) is 2. The van der Waals surface area contributed by atoms with Gasteiger partial charge >= 0.3 is 0 Å². The molecule has 36 heavy (non-hydrogen) atoms. The van der Waals surface area contributed by atoms with Gasteiger partial charge in [-0.25, -0.2) is 0 Å². The Morgan fingerprint density at radius 3 is 2.50 bits per heavy atom. The Morgan fingerprint density at radius 1 is 1.03 bits per heavy atom. The summed E-state index contributed by atoms with van der Waals surface area (Å²) in [4.78, 5) is 2.45. The highest BCUT2D eigenvalue weighted by Crippen LogP contribution is 2.48. The van der Waals surface area contributed by atoms with Crippen molar-refractivity contribution >= 4 is 5.57 Å². The zero-order valence-corrected chi connectivity index (χ0v) is 22.4. The van der Waals surface area contributed by atoms with Crippen LogP contribution in [0.1, 0.15) is 75.1 Å². The number of nitrogens with zero attached hydrogens (tertiary/aromatic N) is 1. The number of hydrogen-bond donors (Lipinski definition) is 2. The molecule has 0 saturated carbocycles. The summed E-state index contributed by atoms with van der Waals surface area (Å²) in [6.07, 6.45) is 6.80. The molecule has 0 amide bonds. The molecule has 1 unspecified atom stereocenters. The molecule has 1 aliphatic carbocycles. The molecule has 0 spiro atoms. The molecule has 5 nitrogen and oxygen atoms in total. The minimum absolute atomic E-state index is 0.0477. The van der Waals surface area contributed by atoms with E-state index < -0.39 is 5.72 Å². The van der Waals surface area contributed by atoms with Crippen LogP contribution in [0.25, 0.3) is 5.57 Å². The van der Waals surface area contributed by atoms with E-state index in [1.54, 1.807) is 0 Å². The van der Waals surface area contributed by atoms with E-state index >= 15 is 0 Å². The highest BCUT2D eigenvalue weighted by molar-refractivity contribution is 5.83. The molecule has 196 valence electrons. The van der Waals surface area contributed by atoms with Crippen LogP contribution in [0.3, 0.4) is 0 Å². The molecule has 4 rings (SSSR count). The number of benzene rings is 2. The molecule has 1 aliphatic heterocycles. The van der Waals surface area contributed by atoms with E-state index in [4.69, 9.17) is 9.47 Å². The van der Waals surface area contributed by atoms with Crippen molar-refractivity contribution in [2.24, 2.45) is 0 Å². The minimum Gasteiger partial charge on any atom is -0.492 e. The molecule has 2 N–H and O–H groups in total. The van der Waals surface area contributed by atoms with Crippen molar-refractivity contribution in [3.63, 3.8) is 0 Å². The van der Waals surface area contributed by atoms with E-state index in [0.29, 0.717) is 13.2 Å². The molecule has 2 aliphatic rings. The van der Waals surface area contributed by atoms with E-state index in [1.807, 2.05) is 6.07 Å². The van der Waals surface area contributed by atoms with Gasteiger partial charge in [0.2, 0.25) is 0 Å². The number of unbranched alkanes of at least 4 members (excludes halogenated alkanes) is 2. The summed E-state index contributed by atoms with van der Waals surface area (Å²) < 4.78 is 12.7. The van der Waals surface area contributed by atoms with Gasteiger partial charge in [-0.05, 0) is 73.7 Å². The van der Waals surface area contributed by atoms with Gasteiger partial charge in [0, 0.05) is 24.2 Å². The molecular formula is C31H44N2O3. The van der Waals surface area contributed by atoms with E-state index in [0.717, 1.165) is 68.7 Å².